The number of hydrogen-bond acceptors (Lipinski definition) is 4. The molecule has 186 valence electrons. The molecule has 0 unspecified atom stereocenters. The van der Waals surface area contributed by atoms with E-state index < -0.39 is 17.2 Å². The van der Waals surface area contributed by atoms with Crippen LogP contribution in [-0.2, 0) is 19.0 Å². The Hall–Kier alpha value is -4.01. The van der Waals surface area contributed by atoms with E-state index in [-0.39, 0.29) is 29.8 Å². The largest absolute Gasteiger partial charge is 0.342 e. The van der Waals surface area contributed by atoms with Crippen LogP contribution in [0.5, 0.6) is 0 Å². The summed E-state index contributed by atoms with van der Waals surface area (Å²) in [6, 6.07) is 15.6. The van der Waals surface area contributed by atoms with E-state index >= 15 is 0 Å². The summed E-state index contributed by atoms with van der Waals surface area (Å²) in [6.07, 6.45) is 3.63. The third-order valence-electron chi connectivity index (χ3n) is 6.65. The van der Waals surface area contributed by atoms with Gasteiger partial charge < -0.3 is 4.90 Å². The van der Waals surface area contributed by atoms with Crippen molar-refractivity contribution in [3.63, 3.8) is 0 Å². The number of rotatable bonds is 7. The van der Waals surface area contributed by atoms with Gasteiger partial charge in [-0.25, -0.2) is 4.79 Å². The van der Waals surface area contributed by atoms with Gasteiger partial charge in [0.25, 0.3) is 11.5 Å². The number of imidazole rings is 1. The van der Waals surface area contributed by atoms with Crippen LogP contribution in [0.1, 0.15) is 36.0 Å². The zero-order valence-corrected chi connectivity index (χ0v) is 19.8. The third kappa shape index (κ3) is 4.36. The summed E-state index contributed by atoms with van der Waals surface area (Å²) in [5.74, 6) is -2.74. The highest BCUT2D eigenvalue weighted by Crippen LogP contribution is 2.33. The Kier molecular flexibility index (Phi) is 6.30. The lowest BCUT2D eigenvalue weighted by molar-refractivity contribution is 0.0515. The minimum Gasteiger partial charge on any atom is -0.342 e. The molecule has 7 nitrogen and oxygen atoms in total. The zero-order valence-electron chi connectivity index (χ0n) is 19.8. The molecule has 1 aliphatic rings. The van der Waals surface area contributed by atoms with Gasteiger partial charge in [-0.2, -0.15) is 13.8 Å². The Bertz CT molecular complexity index is 1510. The van der Waals surface area contributed by atoms with Crippen molar-refractivity contribution in [1.29, 1.82) is 0 Å². The maximum absolute atomic E-state index is 14.7. The number of nitrogens with one attached hydrogen (secondary N) is 1. The van der Waals surface area contributed by atoms with Crippen LogP contribution in [0.3, 0.4) is 0 Å². The van der Waals surface area contributed by atoms with Crippen LogP contribution in [-0.4, -0.2) is 32.2 Å². The number of aromatic nitrogens is 4. The minimum atomic E-state index is -3.24. The molecule has 1 aliphatic heterocycles. The van der Waals surface area contributed by atoms with Gasteiger partial charge in [0, 0.05) is 18.7 Å². The molecule has 0 spiro atoms. The Morgan fingerprint density at radius 2 is 1.64 bits per heavy atom. The van der Waals surface area contributed by atoms with E-state index in [0.29, 0.717) is 17.6 Å². The summed E-state index contributed by atoms with van der Waals surface area (Å²) in [5.41, 5.74) is 0.301. The van der Waals surface area contributed by atoms with Crippen molar-refractivity contribution < 1.29 is 8.78 Å². The molecule has 36 heavy (non-hydrogen) atoms. The van der Waals surface area contributed by atoms with Crippen LogP contribution in [0.15, 0.2) is 76.8 Å². The van der Waals surface area contributed by atoms with Gasteiger partial charge in [-0.15, -0.1) is 0 Å². The van der Waals surface area contributed by atoms with Crippen molar-refractivity contribution in [2.24, 2.45) is 0 Å². The maximum Gasteiger partial charge on any atom is 0.330 e. The number of anilines is 1. The quantitative estimate of drug-likeness (QED) is 0.392. The molecule has 3 heterocycles. The second-order valence-corrected chi connectivity index (χ2v) is 9.03. The molecule has 0 amide bonds. The molecule has 1 fully saturated rings. The normalized spacial score (nSPS) is 14.3. The van der Waals surface area contributed by atoms with Crippen LogP contribution in [0.4, 0.5) is 14.7 Å². The topological polar surface area (TPSA) is 75.9 Å². The number of benzene rings is 2. The lowest BCUT2D eigenvalue weighted by atomic mass is 10.0. The molecule has 2 aromatic heterocycles. The van der Waals surface area contributed by atoms with Gasteiger partial charge in [-0.3, -0.25) is 18.9 Å². The molecule has 0 aliphatic carbocycles. The molecule has 2 aromatic carbocycles. The number of halogens is 2. The first-order valence-electron chi connectivity index (χ1n) is 12.0. The predicted octanol–water partition coefficient (Wildman–Crippen LogP) is 4.25. The molecule has 1 saturated heterocycles. The van der Waals surface area contributed by atoms with Crippen LogP contribution in [0.25, 0.3) is 11.2 Å². The summed E-state index contributed by atoms with van der Waals surface area (Å²) >= 11 is 0. The molecule has 9 heteroatoms. The Labute approximate surface area is 206 Å². The molecular formula is C27H27F2N5O2. The summed E-state index contributed by atoms with van der Waals surface area (Å²) in [6.45, 7) is 4.97. The number of aromatic amines is 1. The summed E-state index contributed by atoms with van der Waals surface area (Å²) in [4.78, 5) is 35.3. The van der Waals surface area contributed by atoms with Crippen LogP contribution >= 0.6 is 0 Å². The smallest absolute Gasteiger partial charge is 0.330 e. The van der Waals surface area contributed by atoms with E-state index in [1.807, 2.05) is 30.3 Å². The molecule has 1 N–H and O–H groups in total. The van der Waals surface area contributed by atoms with Crippen molar-refractivity contribution in [2.75, 3.05) is 18.0 Å². The maximum atomic E-state index is 14.7. The van der Waals surface area contributed by atoms with Gasteiger partial charge in [0.05, 0.1) is 13.1 Å². The SMILES string of the molecule is C=CC(F)(F)c1ccccc1Cn1c(N2CCCCC2)nc2c1c(=O)[nH]c(=O)n2Cc1ccccc1. The highest BCUT2D eigenvalue weighted by molar-refractivity contribution is 5.75. The fourth-order valence-corrected chi connectivity index (χ4v) is 4.82. The average Bonchev–Trinajstić information content (AvgIpc) is 3.27. The second-order valence-electron chi connectivity index (χ2n) is 9.03. The number of alkyl halides is 2. The predicted molar refractivity (Wildman–Crippen MR) is 136 cm³/mol. The van der Waals surface area contributed by atoms with Crippen molar-refractivity contribution in [2.45, 2.75) is 38.3 Å². The monoisotopic (exact) mass is 491 g/mol. The van der Waals surface area contributed by atoms with Gasteiger partial charge >= 0.3 is 5.69 Å². The van der Waals surface area contributed by atoms with Crippen LogP contribution in [0, 0.1) is 0 Å². The van der Waals surface area contributed by atoms with Crippen molar-refractivity contribution in [1.82, 2.24) is 19.1 Å². The van der Waals surface area contributed by atoms with E-state index in [1.54, 1.807) is 22.8 Å². The number of hydrogen-bond donors (Lipinski definition) is 1. The van der Waals surface area contributed by atoms with Gasteiger partial charge in [0.1, 0.15) is 0 Å². The lowest BCUT2D eigenvalue weighted by Crippen LogP contribution is -2.33. The van der Waals surface area contributed by atoms with E-state index in [0.717, 1.165) is 37.9 Å². The minimum absolute atomic E-state index is 0.00540. The Morgan fingerprint density at radius 3 is 2.36 bits per heavy atom. The van der Waals surface area contributed by atoms with Crippen LogP contribution < -0.4 is 16.1 Å². The van der Waals surface area contributed by atoms with E-state index in [4.69, 9.17) is 4.98 Å². The number of H-pyrrole nitrogens is 1. The zero-order chi connectivity index (χ0) is 25.3. The van der Waals surface area contributed by atoms with Crippen molar-refractivity contribution >= 4 is 17.1 Å². The molecule has 0 atom stereocenters. The molecule has 4 aromatic rings. The first-order chi connectivity index (χ1) is 17.4. The van der Waals surface area contributed by atoms with Gasteiger partial charge in [-0.05, 0) is 36.5 Å². The van der Waals surface area contributed by atoms with E-state index in [2.05, 4.69) is 16.5 Å². The van der Waals surface area contributed by atoms with Crippen molar-refractivity contribution in [3.05, 3.63) is 105 Å². The van der Waals surface area contributed by atoms with Crippen molar-refractivity contribution in [3.8, 4) is 0 Å². The molecule has 0 saturated carbocycles. The average molecular weight is 492 g/mol. The molecule has 0 radical (unpaired) electrons. The van der Waals surface area contributed by atoms with Gasteiger partial charge in [0.15, 0.2) is 11.2 Å². The van der Waals surface area contributed by atoms with Crippen LogP contribution in [0.2, 0.25) is 0 Å². The number of piperidine rings is 1. The lowest BCUT2D eigenvalue weighted by Gasteiger charge is -2.28. The molecule has 0 bridgehead atoms. The third-order valence-corrected chi connectivity index (χ3v) is 6.65. The standard InChI is InChI=1S/C27H27F2N5O2/c1-2-27(28,29)21-14-8-7-13-20(21)18-33-22-23(30-25(33)32-15-9-4-10-16-32)34(26(36)31-24(22)35)17-19-11-5-3-6-12-19/h2-3,5-8,11-14H,1,4,9-10,15-18H2,(H,31,35,36). The molecule has 5 rings (SSSR count). The van der Waals surface area contributed by atoms with E-state index in [9.17, 15) is 18.4 Å². The Morgan fingerprint density at radius 1 is 0.944 bits per heavy atom. The van der Waals surface area contributed by atoms with Gasteiger partial charge in [-0.1, -0.05) is 61.2 Å². The summed E-state index contributed by atoms with van der Waals surface area (Å²) in [5, 5.41) is 0. The fraction of sp³-hybridized carbons (Fsp3) is 0.296. The number of fused-ring (bicyclic) bond motifs is 1. The molecular weight excluding hydrogens is 464 g/mol. The summed E-state index contributed by atoms with van der Waals surface area (Å²) < 4.78 is 32.5. The van der Waals surface area contributed by atoms with Gasteiger partial charge in [0.2, 0.25) is 5.95 Å². The first-order valence-corrected chi connectivity index (χ1v) is 12.0. The number of nitrogens with zero attached hydrogens (tertiary/aromatic N) is 4. The highest BCUT2D eigenvalue weighted by Gasteiger charge is 2.31. The fourth-order valence-electron chi connectivity index (χ4n) is 4.82. The summed E-state index contributed by atoms with van der Waals surface area (Å²) in [7, 11) is 0. The first kappa shape index (κ1) is 23.7. The highest BCUT2D eigenvalue weighted by atomic mass is 19.3. The Balaban J connectivity index is 1.72. The second kappa shape index (κ2) is 9.56. The van der Waals surface area contributed by atoms with E-state index in [1.165, 1.54) is 10.6 Å². The number of allylic oxidation sites excluding steroid dienone is 1.